The van der Waals surface area contributed by atoms with E-state index >= 15 is 0 Å². The lowest BCUT2D eigenvalue weighted by Gasteiger charge is -2.11. The molecule has 0 unspecified atom stereocenters. The highest BCUT2D eigenvalue weighted by Crippen LogP contribution is 2.15. The lowest BCUT2D eigenvalue weighted by molar-refractivity contribution is -0.124. The molecule has 0 aromatic heterocycles. The van der Waals surface area contributed by atoms with Gasteiger partial charge < -0.3 is 26.0 Å². The summed E-state index contributed by atoms with van der Waals surface area (Å²) in [6.07, 6.45) is 0.863. The standard InChI is InChI=1S/C21H26N4O4/c1-3-15-6-4-5-7-18(15)25-20(27)14-23-19(26)12-13-22-21(28)24-16-8-10-17(29-2)11-9-16/h4-11H,3,12-14H2,1-2H3,(H,23,26)(H,25,27)(H2,22,24,28). The molecule has 2 aromatic carbocycles. The first-order valence-corrected chi connectivity index (χ1v) is 9.35. The summed E-state index contributed by atoms with van der Waals surface area (Å²) in [5.41, 5.74) is 2.38. The van der Waals surface area contributed by atoms with Crippen LogP contribution in [0.4, 0.5) is 16.2 Å². The molecular formula is C21H26N4O4. The normalized spacial score (nSPS) is 10.0. The Labute approximate surface area is 170 Å². The van der Waals surface area contributed by atoms with Gasteiger partial charge in [0, 0.05) is 24.3 Å². The van der Waals surface area contributed by atoms with E-state index in [-0.39, 0.29) is 31.3 Å². The van der Waals surface area contributed by atoms with E-state index in [2.05, 4.69) is 21.3 Å². The van der Waals surface area contributed by atoms with Crippen LogP contribution in [0.3, 0.4) is 0 Å². The van der Waals surface area contributed by atoms with Crippen molar-refractivity contribution in [2.75, 3.05) is 30.8 Å². The molecule has 29 heavy (non-hydrogen) atoms. The number of nitrogens with one attached hydrogen (secondary N) is 4. The molecule has 0 saturated carbocycles. The number of benzene rings is 2. The molecule has 0 radical (unpaired) electrons. The molecule has 0 atom stereocenters. The Morgan fingerprint density at radius 1 is 0.897 bits per heavy atom. The second-order valence-corrected chi connectivity index (χ2v) is 6.20. The monoisotopic (exact) mass is 398 g/mol. The number of carbonyl (C=O) groups is 3. The molecule has 0 saturated heterocycles. The molecule has 8 nitrogen and oxygen atoms in total. The third-order valence-corrected chi connectivity index (χ3v) is 4.10. The highest BCUT2D eigenvalue weighted by atomic mass is 16.5. The van der Waals surface area contributed by atoms with Crippen LogP contribution >= 0.6 is 0 Å². The Hall–Kier alpha value is -3.55. The van der Waals surface area contributed by atoms with E-state index in [9.17, 15) is 14.4 Å². The van der Waals surface area contributed by atoms with Crippen molar-refractivity contribution in [3.05, 3.63) is 54.1 Å². The van der Waals surface area contributed by atoms with Crippen LogP contribution in [0.2, 0.25) is 0 Å². The molecule has 8 heteroatoms. The van der Waals surface area contributed by atoms with Crippen LogP contribution in [0.1, 0.15) is 18.9 Å². The van der Waals surface area contributed by atoms with Crippen molar-refractivity contribution < 1.29 is 19.1 Å². The van der Waals surface area contributed by atoms with Crippen molar-refractivity contribution in [2.45, 2.75) is 19.8 Å². The summed E-state index contributed by atoms with van der Waals surface area (Å²) in [4.78, 5) is 35.7. The van der Waals surface area contributed by atoms with Gasteiger partial charge in [0.1, 0.15) is 5.75 Å². The van der Waals surface area contributed by atoms with Crippen molar-refractivity contribution in [1.29, 1.82) is 0 Å². The molecule has 0 aliphatic rings. The van der Waals surface area contributed by atoms with Crippen molar-refractivity contribution in [3.63, 3.8) is 0 Å². The molecule has 0 aliphatic heterocycles. The number of carbonyl (C=O) groups excluding carboxylic acids is 3. The second-order valence-electron chi connectivity index (χ2n) is 6.20. The molecular weight excluding hydrogens is 372 g/mol. The Kier molecular flexibility index (Phi) is 8.50. The van der Waals surface area contributed by atoms with Crippen LogP contribution in [0.15, 0.2) is 48.5 Å². The number of aryl methyl sites for hydroxylation is 1. The SMILES string of the molecule is CCc1ccccc1NC(=O)CNC(=O)CCNC(=O)Nc1ccc(OC)cc1. The van der Waals surface area contributed by atoms with Crippen LogP contribution in [-0.2, 0) is 16.0 Å². The Morgan fingerprint density at radius 2 is 1.62 bits per heavy atom. The third-order valence-electron chi connectivity index (χ3n) is 4.10. The first-order valence-electron chi connectivity index (χ1n) is 9.35. The minimum atomic E-state index is -0.420. The zero-order valence-electron chi connectivity index (χ0n) is 16.6. The van der Waals surface area contributed by atoms with Gasteiger partial charge in [-0.3, -0.25) is 9.59 Å². The molecule has 0 bridgehead atoms. The smallest absolute Gasteiger partial charge is 0.319 e. The number of hydrogen-bond donors (Lipinski definition) is 4. The van der Waals surface area contributed by atoms with Crippen molar-refractivity contribution in [2.24, 2.45) is 0 Å². The van der Waals surface area contributed by atoms with E-state index in [1.54, 1.807) is 31.4 Å². The molecule has 154 valence electrons. The Morgan fingerprint density at radius 3 is 2.31 bits per heavy atom. The number of anilines is 2. The van der Waals surface area contributed by atoms with E-state index in [4.69, 9.17) is 4.74 Å². The van der Waals surface area contributed by atoms with Gasteiger partial charge in [-0.1, -0.05) is 25.1 Å². The highest BCUT2D eigenvalue weighted by Gasteiger charge is 2.09. The van der Waals surface area contributed by atoms with Crippen LogP contribution in [0.25, 0.3) is 0 Å². The predicted molar refractivity (Wildman–Crippen MR) is 112 cm³/mol. The molecule has 4 amide bonds. The number of urea groups is 1. The third kappa shape index (κ3) is 7.53. The molecule has 0 aliphatic carbocycles. The average Bonchev–Trinajstić information content (AvgIpc) is 2.73. The largest absolute Gasteiger partial charge is 0.497 e. The second kappa shape index (κ2) is 11.3. The number of ether oxygens (including phenoxy) is 1. The van der Waals surface area contributed by atoms with Crippen LogP contribution < -0.4 is 26.0 Å². The van der Waals surface area contributed by atoms with E-state index in [1.807, 2.05) is 31.2 Å². The molecule has 2 rings (SSSR count). The highest BCUT2D eigenvalue weighted by molar-refractivity contribution is 5.95. The van der Waals surface area contributed by atoms with Gasteiger partial charge in [0.15, 0.2) is 0 Å². The fourth-order valence-electron chi connectivity index (χ4n) is 2.55. The summed E-state index contributed by atoms with van der Waals surface area (Å²) in [6.45, 7) is 2.02. The lowest BCUT2D eigenvalue weighted by Crippen LogP contribution is -2.36. The summed E-state index contributed by atoms with van der Waals surface area (Å²) in [6, 6.07) is 14.0. The summed E-state index contributed by atoms with van der Waals surface area (Å²) in [5.74, 6) is 0.0629. The fraction of sp³-hybridized carbons (Fsp3) is 0.286. The van der Waals surface area contributed by atoms with Gasteiger partial charge in [-0.2, -0.15) is 0 Å². The molecule has 2 aromatic rings. The lowest BCUT2D eigenvalue weighted by atomic mass is 10.1. The van der Waals surface area contributed by atoms with Crippen molar-refractivity contribution in [1.82, 2.24) is 10.6 Å². The Balaban J connectivity index is 1.64. The number of methoxy groups -OCH3 is 1. The molecule has 0 spiro atoms. The van der Waals surface area contributed by atoms with E-state index in [0.29, 0.717) is 11.4 Å². The van der Waals surface area contributed by atoms with Crippen molar-refractivity contribution >= 4 is 29.2 Å². The van der Waals surface area contributed by atoms with E-state index in [0.717, 1.165) is 17.7 Å². The quantitative estimate of drug-likeness (QED) is 0.520. The average molecular weight is 398 g/mol. The first kappa shape index (κ1) is 21.7. The van der Waals surface area contributed by atoms with Crippen LogP contribution in [0.5, 0.6) is 5.75 Å². The summed E-state index contributed by atoms with van der Waals surface area (Å²) in [7, 11) is 1.56. The maximum Gasteiger partial charge on any atom is 0.319 e. The minimum absolute atomic E-state index is 0.0643. The predicted octanol–water partition coefficient (Wildman–Crippen LogP) is 2.52. The van der Waals surface area contributed by atoms with Crippen LogP contribution in [-0.4, -0.2) is 38.0 Å². The van der Waals surface area contributed by atoms with Gasteiger partial charge in [-0.05, 0) is 42.3 Å². The van der Waals surface area contributed by atoms with E-state index in [1.165, 1.54) is 0 Å². The summed E-state index contributed by atoms with van der Waals surface area (Å²) in [5, 5.41) is 10.6. The Bertz CT molecular complexity index is 837. The van der Waals surface area contributed by atoms with Gasteiger partial charge in [0.25, 0.3) is 0 Å². The topological polar surface area (TPSA) is 109 Å². The van der Waals surface area contributed by atoms with Gasteiger partial charge >= 0.3 is 6.03 Å². The number of hydrogen-bond acceptors (Lipinski definition) is 4. The fourth-order valence-corrected chi connectivity index (χ4v) is 2.55. The zero-order chi connectivity index (χ0) is 21.1. The van der Waals surface area contributed by atoms with Crippen LogP contribution in [0, 0.1) is 0 Å². The number of amides is 4. The zero-order valence-corrected chi connectivity index (χ0v) is 16.6. The summed E-state index contributed by atoms with van der Waals surface area (Å²) < 4.78 is 5.05. The molecule has 0 heterocycles. The van der Waals surface area contributed by atoms with Crippen molar-refractivity contribution in [3.8, 4) is 5.75 Å². The van der Waals surface area contributed by atoms with E-state index < -0.39 is 6.03 Å². The number of para-hydroxylation sites is 1. The molecule has 4 N–H and O–H groups in total. The number of rotatable bonds is 9. The van der Waals surface area contributed by atoms with Gasteiger partial charge in [0.05, 0.1) is 13.7 Å². The van der Waals surface area contributed by atoms with Gasteiger partial charge in [-0.15, -0.1) is 0 Å². The van der Waals surface area contributed by atoms with Gasteiger partial charge in [-0.25, -0.2) is 4.79 Å². The first-order chi connectivity index (χ1) is 14.0. The molecule has 0 fully saturated rings. The minimum Gasteiger partial charge on any atom is -0.497 e. The summed E-state index contributed by atoms with van der Waals surface area (Å²) >= 11 is 0. The maximum absolute atomic E-state index is 12.0. The maximum atomic E-state index is 12.0. The van der Waals surface area contributed by atoms with Gasteiger partial charge in [0.2, 0.25) is 11.8 Å².